The fourth-order valence-electron chi connectivity index (χ4n) is 2.09. The minimum Gasteiger partial charge on any atom is -0.408 e. The zero-order valence-corrected chi connectivity index (χ0v) is 11.3. The van der Waals surface area contributed by atoms with E-state index in [1.165, 1.54) is 24.3 Å². The molecule has 2 amide bonds. The number of carbonyl (C=O) groups excluding carboxylic acids is 2. The van der Waals surface area contributed by atoms with Crippen LogP contribution < -0.4 is 16.8 Å². The summed E-state index contributed by atoms with van der Waals surface area (Å²) in [6.45, 7) is 0. The van der Waals surface area contributed by atoms with Gasteiger partial charge in [0.15, 0.2) is 5.58 Å². The SMILES string of the molecule is NC(=O)c1ccccc1NC(=O)c1ccc2oc(=O)[nH]c2c1. The van der Waals surface area contributed by atoms with E-state index in [0.717, 1.165) is 0 Å². The van der Waals surface area contributed by atoms with E-state index < -0.39 is 17.6 Å². The Labute approximate surface area is 123 Å². The van der Waals surface area contributed by atoms with Gasteiger partial charge in [-0.3, -0.25) is 14.6 Å². The number of primary amides is 1. The number of benzene rings is 2. The molecule has 0 bridgehead atoms. The van der Waals surface area contributed by atoms with Crippen molar-refractivity contribution in [2.45, 2.75) is 0 Å². The summed E-state index contributed by atoms with van der Waals surface area (Å²) < 4.78 is 4.87. The highest BCUT2D eigenvalue weighted by Crippen LogP contribution is 2.17. The van der Waals surface area contributed by atoms with Gasteiger partial charge < -0.3 is 15.5 Å². The number of fused-ring (bicyclic) bond motifs is 1. The average molecular weight is 297 g/mol. The molecule has 3 rings (SSSR count). The van der Waals surface area contributed by atoms with Gasteiger partial charge in [-0.15, -0.1) is 0 Å². The van der Waals surface area contributed by atoms with Crippen molar-refractivity contribution < 1.29 is 14.0 Å². The van der Waals surface area contributed by atoms with E-state index in [1.54, 1.807) is 18.2 Å². The largest absolute Gasteiger partial charge is 0.417 e. The lowest BCUT2D eigenvalue weighted by molar-refractivity contribution is 0.100. The second kappa shape index (κ2) is 5.21. The number of H-pyrrole nitrogens is 1. The number of nitrogens with two attached hydrogens (primary N) is 1. The van der Waals surface area contributed by atoms with Crippen LogP contribution in [0, 0.1) is 0 Å². The van der Waals surface area contributed by atoms with Crippen LogP contribution in [0.15, 0.2) is 51.7 Å². The van der Waals surface area contributed by atoms with Gasteiger partial charge in [0.1, 0.15) is 0 Å². The Morgan fingerprint density at radius 1 is 1.14 bits per heavy atom. The zero-order chi connectivity index (χ0) is 15.7. The van der Waals surface area contributed by atoms with E-state index in [-0.39, 0.29) is 5.56 Å². The standard InChI is InChI=1S/C15H11N3O4/c16-13(19)9-3-1-2-4-10(9)17-14(20)8-5-6-12-11(7-8)18-15(21)22-12/h1-7H,(H2,16,19)(H,17,20)(H,18,21). The van der Waals surface area contributed by atoms with Gasteiger partial charge in [0.05, 0.1) is 16.8 Å². The number of carbonyl (C=O) groups is 2. The Kier molecular flexibility index (Phi) is 3.23. The Morgan fingerprint density at radius 3 is 2.68 bits per heavy atom. The van der Waals surface area contributed by atoms with E-state index in [2.05, 4.69) is 10.3 Å². The van der Waals surface area contributed by atoms with Crippen LogP contribution in [-0.4, -0.2) is 16.8 Å². The molecule has 0 radical (unpaired) electrons. The number of nitrogens with one attached hydrogen (secondary N) is 2. The van der Waals surface area contributed by atoms with Gasteiger partial charge in [0.25, 0.3) is 11.8 Å². The fourth-order valence-corrected chi connectivity index (χ4v) is 2.09. The third-order valence-electron chi connectivity index (χ3n) is 3.12. The molecule has 0 unspecified atom stereocenters. The number of amides is 2. The molecule has 7 heteroatoms. The molecular formula is C15H11N3O4. The van der Waals surface area contributed by atoms with Crippen molar-refractivity contribution in [3.8, 4) is 0 Å². The number of hydrogen-bond donors (Lipinski definition) is 3. The number of hydrogen-bond acceptors (Lipinski definition) is 4. The van der Waals surface area contributed by atoms with Gasteiger partial charge >= 0.3 is 5.76 Å². The molecule has 22 heavy (non-hydrogen) atoms. The van der Waals surface area contributed by atoms with Gasteiger partial charge in [-0.25, -0.2) is 4.79 Å². The zero-order valence-electron chi connectivity index (χ0n) is 11.3. The number of oxazole rings is 1. The van der Waals surface area contributed by atoms with E-state index in [0.29, 0.717) is 22.4 Å². The van der Waals surface area contributed by atoms with Crippen molar-refractivity contribution >= 4 is 28.6 Å². The maximum absolute atomic E-state index is 12.3. The van der Waals surface area contributed by atoms with Crippen molar-refractivity contribution in [1.82, 2.24) is 4.98 Å². The van der Waals surface area contributed by atoms with Gasteiger partial charge in [-0.05, 0) is 30.3 Å². The summed E-state index contributed by atoms with van der Waals surface area (Å²) in [5.41, 5.74) is 6.89. The monoisotopic (exact) mass is 297 g/mol. The molecular weight excluding hydrogens is 286 g/mol. The van der Waals surface area contributed by atoms with Crippen LogP contribution in [0.5, 0.6) is 0 Å². The Bertz CT molecular complexity index is 939. The smallest absolute Gasteiger partial charge is 0.408 e. The third kappa shape index (κ3) is 2.47. The molecule has 110 valence electrons. The molecule has 1 heterocycles. The second-order valence-electron chi connectivity index (χ2n) is 4.59. The maximum Gasteiger partial charge on any atom is 0.417 e. The van der Waals surface area contributed by atoms with Gasteiger partial charge in [-0.1, -0.05) is 12.1 Å². The molecule has 0 fully saturated rings. The molecule has 0 saturated carbocycles. The number of anilines is 1. The molecule has 2 aromatic carbocycles. The van der Waals surface area contributed by atoms with E-state index in [9.17, 15) is 14.4 Å². The Balaban J connectivity index is 1.93. The van der Waals surface area contributed by atoms with Crippen LogP contribution in [0.25, 0.3) is 11.1 Å². The summed E-state index contributed by atoms with van der Waals surface area (Å²) in [6, 6.07) is 11.0. The molecule has 0 saturated heterocycles. The normalized spacial score (nSPS) is 10.5. The lowest BCUT2D eigenvalue weighted by atomic mass is 10.1. The number of aromatic nitrogens is 1. The summed E-state index contributed by atoms with van der Waals surface area (Å²) in [7, 11) is 0. The highest BCUT2D eigenvalue weighted by molar-refractivity contribution is 6.09. The van der Waals surface area contributed by atoms with Crippen molar-refractivity contribution in [2.24, 2.45) is 5.73 Å². The molecule has 4 N–H and O–H groups in total. The predicted molar refractivity (Wildman–Crippen MR) is 79.7 cm³/mol. The molecule has 0 spiro atoms. The summed E-state index contributed by atoms with van der Waals surface area (Å²) in [6.07, 6.45) is 0. The summed E-state index contributed by atoms with van der Waals surface area (Å²) in [5, 5.41) is 2.62. The van der Waals surface area contributed by atoms with Crippen LogP contribution in [0.3, 0.4) is 0 Å². The molecule has 7 nitrogen and oxygen atoms in total. The topological polar surface area (TPSA) is 118 Å². The molecule has 0 atom stereocenters. The summed E-state index contributed by atoms with van der Waals surface area (Å²) in [5.74, 6) is -1.66. The van der Waals surface area contributed by atoms with E-state index in [1.807, 2.05) is 0 Å². The van der Waals surface area contributed by atoms with Crippen molar-refractivity contribution in [2.75, 3.05) is 5.32 Å². The summed E-state index contributed by atoms with van der Waals surface area (Å²) in [4.78, 5) is 37.2. The Morgan fingerprint density at radius 2 is 1.91 bits per heavy atom. The van der Waals surface area contributed by atoms with E-state index in [4.69, 9.17) is 10.2 Å². The lowest BCUT2D eigenvalue weighted by Gasteiger charge is -2.08. The van der Waals surface area contributed by atoms with Gasteiger partial charge in [0, 0.05) is 5.56 Å². The first-order valence-corrected chi connectivity index (χ1v) is 6.37. The second-order valence-corrected chi connectivity index (χ2v) is 4.59. The minimum absolute atomic E-state index is 0.216. The van der Waals surface area contributed by atoms with Crippen LogP contribution in [0.1, 0.15) is 20.7 Å². The first kappa shape index (κ1) is 13.6. The van der Waals surface area contributed by atoms with Crippen LogP contribution in [-0.2, 0) is 0 Å². The third-order valence-corrected chi connectivity index (χ3v) is 3.12. The van der Waals surface area contributed by atoms with Crippen molar-refractivity contribution in [1.29, 1.82) is 0 Å². The summed E-state index contributed by atoms with van der Waals surface area (Å²) >= 11 is 0. The molecule has 3 aromatic rings. The predicted octanol–water partition coefficient (Wildman–Crippen LogP) is 1.47. The lowest BCUT2D eigenvalue weighted by Crippen LogP contribution is -2.18. The fraction of sp³-hybridized carbons (Fsp3) is 0. The van der Waals surface area contributed by atoms with E-state index >= 15 is 0 Å². The maximum atomic E-state index is 12.3. The number of para-hydroxylation sites is 1. The molecule has 0 aliphatic heterocycles. The van der Waals surface area contributed by atoms with Gasteiger partial charge in [0.2, 0.25) is 0 Å². The average Bonchev–Trinajstić information content (AvgIpc) is 2.86. The highest BCUT2D eigenvalue weighted by Gasteiger charge is 2.13. The first-order chi connectivity index (χ1) is 10.5. The van der Waals surface area contributed by atoms with Crippen molar-refractivity contribution in [3.05, 3.63) is 64.1 Å². The first-order valence-electron chi connectivity index (χ1n) is 6.37. The van der Waals surface area contributed by atoms with Crippen LogP contribution in [0.2, 0.25) is 0 Å². The van der Waals surface area contributed by atoms with Gasteiger partial charge in [-0.2, -0.15) is 0 Å². The Hall–Kier alpha value is -3.35. The van der Waals surface area contributed by atoms with Crippen LogP contribution in [0.4, 0.5) is 5.69 Å². The molecule has 0 aliphatic carbocycles. The number of rotatable bonds is 3. The quantitative estimate of drug-likeness (QED) is 0.678. The molecule has 1 aromatic heterocycles. The number of aromatic amines is 1. The van der Waals surface area contributed by atoms with Crippen molar-refractivity contribution in [3.63, 3.8) is 0 Å². The minimum atomic E-state index is -0.634. The molecule has 0 aliphatic rings. The van der Waals surface area contributed by atoms with Crippen LogP contribution >= 0.6 is 0 Å². The highest BCUT2D eigenvalue weighted by atomic mass is 16.4.